The van der Waals surface area contributed by atoms with Gasteiger partial charge in [0.25, 0.3) is 0 Å². The number of rotatable bonds is 6. The number of halogens is 1. The van der Waals surface area contributed by atoms with Gasteiger partial charge in [0, 0.05) is 18.1 Å². The van der Waals surface area contributed by atoms with Gasteiger partial charge in [-0.15, -0.1) is 0 Å². The van der Waals surface area contributed by atoms with E-state index in [1.807, 2.05) is 39.1 Å². The van der Waals surface area contributed by atoms with Gasteiger partial charge in [-0.05, 0) is 54.4 Å². The molecule has 0 bridgehead atoms. The lowest BCUT2D eigenvalue weighted by Crippen LogP contribution is -2.24. The minimum atomic E-state index is -0.440. The van der Waals surface area contributed by atoms with Crippen LogP contribution in [0.3, 0.4) is 0 Å². The fourth-order valence-electron chi connectivity index (χ4n) is 1.64. The standard InChI is InChI=1S/C14H22BrNO2/c1-10(2)18-8-7-16(4)14-6-5-12(11(3)17)9-13(14)15/h5-6,9-11,17H,7-8H2,1-4H3. The summed E-state index contributed by atoms with van der Waals surface area (Å²) in [4.78, 5) is 2.14. The van der Waals surface area contributed by atoms with Crippen LogP contribution in [0.15, 0.2) is 22.7 Å². The summed E-state index contributed by atoms with van der Waals surface area (Å²) in [6.07, 6.45) is -0.176. The van der Waals surface area contributed by atoms with Crippen molar-refractivity contribution in [3.8, 4) is 0 Å². The molecular formula is C14H22BrNO2. The van der Waals surface area contributed by atoms with Crippen LogP contribution in [0.5, 0.6) is 0 Å². The van der Waals surface area contributed by atoms with Crippen molar-refractivity contribution in [3.63, 3.8) is 0 Å². The maximum absolute atomic E-state index is 9.53. The second-order valence-electron chi connectivity index (χ2n) is 4.73. The number of aliphatic hydroxyl groups is 1. The van der Waals surface area contributed by atoms with Gasteiger partial charge in [0.15, 0.2) is 0 Å². The quantitative estimate of drug-likeness (QED) is 0.873. The third-order valence-corrected chi connectivity index (χ3v) is 3.38. The van der Waals surface area contributed by atoms with Crippen molar-refractivity contribution in [1.29, 1.82) is 0 Å². The Morgan fingerprint density at radius 1 is 1.33 bits per heavy atom. The smallest absolute Gasteiger partial charge is 0.0762 e. The van der Waals surface area contributed by atoms with Crippen LogP contribution >= 0.6 is 15.9 Å². The van der Waals surface area contributed by atoms with Crippen LogP contribution in [0.4, 0.5) is 5.69 Å². The highest BCUT2D eigenvalue weighted by Gasteiger charge is 2.09. The third kappa shape index (κ3) is 4.59. The lowest BCUT2D eigenvalue weighted by Gasteiger charge is -2.22. The summed E-state index contributed by atoms with van der Waals surface area (Å²) in [5, 5.41) is 9.53. The van der Waals surface area contributed by atoms with Gasteiger partial charge in [0.2, 0.25) is 0 Å². The topological polar surface area (TPSA) is 32.7 Å². The summed E-state index contributed by atoms with van der Waals surface area (Å²) in [6.45, 7) is 7.38. The Labute approximate surface area is 118 Å². The normalized spacial score (nSPS) is 12.8. The average Bonchev–Trinajstić information content (AvgIpc) is 2.27. The van der Waals surface area contributed by atoms with Crippen LogP contribution < -0.4 is 4.90 Å². The highest BCUT2D eigenvalue weighted by molar-refractivity contribution is 9.10. The predicted octanol–water partition coefficient (Wildman–Crippen LogP) is 3.36. The molecule has 0 fully saturated rings. The van der Waals surface area contributed by atoms with Gasteiger partial charge in [0.05, 0.1) is 24.5 Å². The molecule has 0 radical (unpaired) electrons. The number of anilines is 1. The molecule has 0 spiro atoms. The van der Waals surface area contributed by atoms with Gasteiger partial charge in [-0.1, -0.05) is 6.07 Å². The fourth-order valence-corrected chi connectivity index (χ4v) is 2.34. The molecule has 0 heterocycles. The molecule has 18 heavy (non-hydrogen) atoms. The SMILES string of the molecule is CC(C)OCCN(C)c1ccc(C(C)O)cc1Br. The largest absolute Gasteiger partial charge is 0.389 e. The van der Waals surface area contributed by atoms with E-state index in [0.717, 1.165) is 22.3 Å². The van der Waals surface area contributed by atoms with Gasteiger partial charge >= 0.3 is 0 Å². The van der Waals surface area contributed by atoms with Gasteiger partial charge in [-0.3, -0.25) is 0 Å². The number of likely N-dealkylation sites (N-methyl/N-ethyl adjacent to an activating group) is 1. The minimum Gasteiger partial charge on any atom is -0.389 e. The lowest BCUT2D eigenvalue weighted by molar-refractivity contribution is 0.0846. The molecule has 1 N–H and O–H groups in total. The highest BCUT2D eigenvalue weighted by atomic mass is 79.9. The van der Waals surface area contributed by atoms with Gasteiger partial charge in [0.1, 0.15) is 0 Å². The Kier molecular flexibility index (Phi) is 6.12. The Balaban J connectivity index is 2.65. The molecule has 3 nitrogen and oxygen atoms in total. The molecule has 1 atom stereocenters. The van der Waals surface area contributed by atoms with E-state index in [2.05, 4.69) is 20.8 Å². The van der Waals surface area contributed by atoms with Crippen LogP contribution in [0.2, 0.25) is 0 Å². The first-order valence-corrected chi connectivity index (χ1v) is 7.01. The molecule has 102 valence electrons. The van der Waals surface area contributed by atoms with Crippen molar-refractivity contribution < 1.29 is 9.84 Å². The second-order valence-corrected chi connectivity index (χ2v) is 5.58. The average molecular weight is 316 g/mol. The molecule has 0 saturated heterocycles. The van der Waals surface area contributed by atoms with Crippen LogP contribution in [0.25, 0.3) is 0 Å². The van der Waals surface area contributed by atoms with E-state index in [-0.39, 0.29) is 6.10 Å². The molecule has 1 unspecified atom stereocenters. The lowest BCUT2D eigenvalue weighted by atomic mass is 10.1. The van der Waals surface area contributed by atoms with Crippen molar-refractivity contribution >= 4 is 21.6 Å². The number of hydrogen-bond acceptors (Lipinski definition) is 3. The van der Waals surface area contributed by atoms with Crippen molar-refractivity contribution in [1.82, 2.24) is 0 Å². The Morgan fingerprint density at radius 2 is 2.00 bits per heavy atom. The van der Waals surface area contributed by atoms with E-state index in [4.69, 9.17) is 4.74 Å². The summed E-state index contributed by atoms with van der Waals surface area (Å²) >= 11 is 3.54. The summed E-state index contributed by atoms with van der Waals surface area (Å²) in [5.74, 6) is 0. The molecule has 0 aromatic heterocycles. The van der Waals surface area contributed by atoms with Crippen LogP contribution in [-0.4, -0.2) is 31.4 Å². The molecule has 0 saturated carbocycles. The summed E-state index contributed by atoms with van der Waals surface area (Å²) in [5.41, 5.74) is 2.02. The van der Waals surface area contributed by atoms with Crippen LogP contribution in [0, 0.1) is 0 Å². The molecule has 0 amide bonds. The van der Waals surface area contributed by atoms with E-state index in [1.54, 1.807) is 6.92 Å². The summed E-state index contributed by atoms with van der Waals surface area (Å²) < 4.78 is 6.53. The zero-order valence-electron chi connectivity index (χ0n) is 11.5. The first-order chi connectivity index (χ1) is 8.41. The van der Waals surface area contributed by atoms with Crippen molar-refractivity contribution in [2.45, 2.75) is 33.0 Å². The van der Waals surface area contributed by atoms with Crippen LogP contribution in [0.1, 0.15) is 32.4 Å². The first kappa shape index (κ1) is 15.5. The molecule has 0 aliphatic heterocycles. The molecule has 1 aromatic rings. The van der Waals surface area contributed by atoms with E-state index in [0.29, 0.717) is 6.61 Å². The second kappa shape index (κ2) is 7.12. The number of ether oxygens (including phenoxy) is 1. The highest BCUT2D eigenvalue weighted by Crippen LogP contribution is 2.28. The summed E-state index contributed by atoms with van der Waals surface area (Å²) in [7, 11) is 2.03. The van der Waals surface area contributed by atoms with E-state index in [1.165, 1.54) is 0 Å². The number of hydrogen-bond donors (Lipinski definition) is 1. The molecule has 1 aromatic carbocycles. The van der Waals surface area contributed by atoms with Crippen molar-refractivity contribution in [2.24, 2.45) is 0 Å². The Hall–Kier alpha value is -0.580. The minimum absolute atomic E-state index is 0.263. The first-order valence-electron chi connectivity index (χ1n) is 6.22. The van der Waals surface area contributed by atoms with Crippen molar-refractivity contribution in [3.05, 3.63) is 28.2 Å². The van der Waals surface area contributed by atoms with E-state index < -0.39 is 6.10 Å². The molecule has 0 aliphatic rings. The zero-order chi connectivity index (χ0) is 13.7. The zero-order valence-corrected chi connectivity index (χ0v) is 13.1. The molecular weight excluding hydrogens is 294 g/mol. The van der Waals surface area contributed by atoms with Gasteiger partial charge in [-0.2, -0.15) is 0 Å². The fraction of sp³-hybridized carbons (Fsp3) is 0.571. The molecule has 0 aliphatic carbocycles. The van der Waals surface area contributed by atoms with Crippen molar-refractivity contribution in [2.75, 3.05) is 25.1 Å². The monoisotopic (exact) mass is 315 g/mol. The van der Waals surface area contributed by atoms with E-state index >= 15 is 0 Å². The van der Waals surface area contributed by atoms with Gasteiger partial charge < -0.3 is 14.7 Å². The summed E-state index contributed by atoms with van der Waals surface area (Å²) in [6, 6.07) is 5.92. The maximum Gasteiger partial charge on any atom is 0.0762 e. The molecule has 4 heteroatoms. The molecule has 1 rings (SSSR count). The van der Waals surface area contributed by atoms with Gasteiger partial charge in [-0.25, -0.2) is 0 Å². The predicted molar refractivity (Wildman–Crippen MR) is 79.1 cm³/mol. The van der Waals surface area contributed by atoms with E-state index in [9.17, 15) is 5.11 Å². The third-order valence-electron chi connectivity index (χ3n) is 2.74. The number of benzene rings is 1. The number of aliphatic hydroxyl groups excluding tert-OH is 1. The Bertz CT molecular complexity index is 380. The van der Waals surface area contributed by atoms with Crippen LogP contribution in [-0.2, 0) is 4.74 Å². The maximum atomic E-state index is 9.53. The Morgan fingerprint density at radius 3 is 2.50 bits per heavy atom. The number of nitrogens with zero attached hydrogens (tertiary/aromatic N) is 1.